The van der Waals surface area contributed by atoms with Crippen LogP contribution < -0.4 is 10.0 Å². The van der Waals surface area contributed by atoms with E-state index < -0.39 is 16.0 Å². The maximum Gasteiger partial charge on any atom is 0.335 e. The Balaban J connectivity index is 2.33. The molecule has 0 radical (unpaired) electrons. The molecule has 3 N–H and O–H groups in total. The second kappa shape index (κ2) is 8.64. The van der Waals surface area contributed by atoms with E-state index in [9.17, 15) is 18.3 Å². The van der Waals surface area contributed by atoms with E-state index >= 15 is 0 Å². The molecule has 0 heterocycles. The van der Waals surface area contributed by atoms with Gasteiger partial charge in [-0.2, -0.15) is 0 Å². The summed E-state index contributed by atoms with van der Waals surface area (Å²) in [7, 11) is -2.26. The van der Waals surface area contributed by atoms with Crippen LogP contribution >= 0.6 is 0 Å². The van der Waals surface area contributed by atoms with Gasteiger partial charge in [0.25, 0.3) is 0 Å². The van der Waals surface area contributed by atoms with Crippen molar-refractivity contribution in [2.24, 2.45) is 0 Å². The fourth-order valence-corrected chi connectivity index (χ4v) is 4.56. The van der Waals surface area contributed by atoms with Crippen molar-refractivity contribution in [3.63, 3.8) is 0 Å². The molecule has 0 amide bonds. The normalized spacial score (nSPS) is 17.2. The van der Waals surface area contributed by atoms with Crippen molar-refractivity contribution in [3.05, 3.63) is 23.8 Å². The molecule has 1 aromatic carbocycles. The first-order valence-corrected chi connectivity index (χ1v) is 9.97. The van der Waals surface area contributed by atoms with Gasteiger partial charge in [-0.05, 0) is 38.0 Å². The molecule has 0 bridgehead atoms. The summed E-state index contributed by atoms with van der Waals surface area (Å²) >= 11 is 0. The molecule has 2 rings (SSSR count). The van der Waals surface area contributed by atoms with Gasteiger partial charge >= 0.3 is 5.97 Å². The fourth-order valence-electron chi connectivity index (χ4n) is 3.06. The lowest BCUT2D eigenvalue weighted by Gasteiger charge is -2.24. The molecule has 0 aliphatic heterocycles. The van der Waals surface area contributed by atoms with Crippen LogP contribution in [0.3, 0.4) is 0 Å². The number of methoxy groups -OCH3 is 1. The molecule has 1 aliphatic rings. The summed E-state index contributed by atoms with van der Waals surface area (Å²) in [4.78, 5) is 11.2. The van der Waals surface area contributed by atoms with Crippen molar-refractivity contribution in [2.45, 2.75) is 56.0 Å². The summed E-state index contributed by atoms with van der Waals surface area (Å²) in [5.41, 5.74) is 0.312. The van der Waals surface area contributed by atoms with Gasteiger partial charge in [-0.25, -0.2) is 17.9 Å². The monoisotopic (exact) mass is 370 g/mol. The van der Waals surface area contributed by atoms with Gasteiger partial charge in [0.1, 0.15) is 4.90 Å². The van der Waals surface area contributed by atoms with Crippen LogP contribution in [-0.2, 0) is 14.8 Å². The Labute approximate surface area is 148 Å². The number of aromatic carboxylic acids is 1. The number of benzene rings is 1. The van der Waals surface area contributed by atoms with E-state index in [1.807, 2.05) is 6.92 Å². The largest absolute Gasteiger partial charge is 0.478 e. The topological polar surface area (TPSA) is 105 Å². The summed E-state index contributed by atoms with van der Waals surface area (Å²) in [5.74, 6) is -1.16. The van der Waals surface area contributed by atoms with E-state index in [2.05, 4.69) is 10.0 Å². The number of hydrogen-bond acceptors (Lipinski definition) is 5. The third-order valence-corrected chi connectivity index (χ3v) is 5.82. The number of nitrogens with one attached hydrogen (secondary N) is 2. The first kappa shape index (κ1) is 19.7. The highest BCUT2D eigenvalue weighted by atomic mass is 32.2. The second-order valence-electron chi connectivity index (χ2n) is 6.47. The van der Waals surface area contributed by atoms with Crippen LogP contribution in [0.25, 0.3) is 0 Å². The zero-order chi connectivity index (χ0) is 18.4. The average molecular weight is 370 g/mol. The van der Waals surface area contributed by atoms with E-state index in [1.165, 1.54) is 18.2 Å². The van der Waals surface area contributed by atoms with E-state index in [0.29, 0.717) is 12.3 Å². The smallest absolute Gasteiger partial charge is 0.335 e. The first-order valence-electron chi connectivity index (χ1n) is 8.48. The molecule has 0 spiro atoms. The molecule has 140 valence electrons. The van der Waals surface area contributed by atoms with Gasteiger partial charge < -0.3 is 15.2 Å². The van der Waals surface area contributed by atoms with Gasteiger partial charge in [-0.3, -0.25) is 0 Å². The molecule has 0 aromatic heterocycles. The van der Waals surface area contributed by atoms with Gasteiger partial charge in [-0.15, -0.1) is 0 Å². The zero-order valence-electron chi connectivity index (χ0n) is 14.6. The highest BCUT2D eigenvalue weighted by Crippen LogP contribution is 2.26. The molecule has 1 saturated carbocycles. The first-order chi connectivity index (χ1) is 11.8. The number of carboxylic acids is 1. The molecule has 1 fully saturated rings. The molecule has 7 nitrogen and oxygen atoms in total. The van der Waals surface area contributed by atoms with E-state index in [-0.39, 0.29) is 22.5 Å². The van der Waals surface area contributed by atoms with Crippen LogP contribution in [0.1, 0.15) is 49.4 Å². The van der Waals surface area contributed by atoms with Gasteiger partial charge in [0.05, 0.1) is 17.9 Å². The molecule has 25 heavy (non-hydrogen) atoms. The minimum atomic E-state index is -3.82. The van der Waals surface area contributed by atoms with E-state index in [4.69, 9.17) is 4.74 Å². The maximum absolute atomic E-state index is 12.9. The summed E-state index contributed by atoms with van der Waals surface area (Å²) in [6, 6.07) is 3.87. The Kier molecular flexibility index (Phi) is 6.80. The zero-order valence-corrected chi connectivity index (χ0v) is 15.4. The summed E-state index contributed by atoms with van der Waals surface area (Å²) in [6.45, 7) is 2.26. The molecule has 0 saturated heterocycles. The minimum absolute atomic E-state index is 0.0408. The number of ether oxygens (including phenoxy) is 1. The van der Waals surface area contributed by atoms with Crippen molar-refractivity contribution in [1.82, 2.24) is 4.72 Å². The molecule has 8 heteroatoms. The Morgan fingerprint density at radius 2 is 2.00 bits per heavy atom. The maximum atomic E-state index is 12.9. The van der Waals surface area contributed by atoms with Crippen molar-refractivity contribution in [1.29, 1.82) is 0 Å². The van der Waals surface area contributed by atoms with Crippen LogP contribution in [0, 0.1) is 0 Å². The SMILES string of the molecule is COC[C@H](C)Nc1ccc(C(=O)O)cc1S(=O)(=O)NC1CCCCC1. The second-order valence-corrected chi connectivity index (χ2v) is 8.16. The lowest BCUT2D eigenvalue weighted by Crippen LogP contribution is -2.36. The van der Waals surface area contributed by atoms with Crippen LogP contribution in [0.2, 0.25) is 0 Å². The third-order valence-electron chi connectivity index (χ3n) is 4.26. The predicted molar refractivity (Wildman–Crippen MR) is 95.6 cm³/mol. The van der Waals surface area contributed by atoms with Gasteiger partial charge in [0.15, 0.2) is 0 Å². The van der Waals surface area contributed by atoms with Crippen molar-refractivity contribution in [3.8, 4) is 0 Å². The van der Waals surface area contributed by atoms with Gasteiger partial charge in [0.2, 0.25) is 10.0 Å². The molecule has 1 aliphatic carbocycles. The summed E-state index contributed by atoms with van der Waals surface area (Å²) < 4.78 is 33.5. The molecular weight excluding hydrogens is 344 g/mol. The Morgan fingerprint density at radius 3 is 2.60 bits per heavy atom. The van der Waals surface area contributed by atoms with Crippen LogP contribution in [0.4, 0.5) is 5.69 Å². The number of rotatable bonds is 8. The number of anilines is 1. The predicted octanol–water partition coefficient (Wildman–Crippen LogP) is 2.44. The van der Waals surface area contributed by atoms with Gasteiger partial charge in [-0.1, -0.05) is 19.3 Å². The Hall–Kier alpha value is -1.64. The lowest BCUT2D eigenvalue weighted by atomic mass is 9.96. The van der Waals surface area contributed by atoms with Crippen LogP contribution in [0.15, 0.2) is 23.1 Å². The number of carboxylic acid groups (broad SMARTS) is 1. The highest BCUT2D eigenvalue weighted by molar-refractivity contribution is 7.89. The van der Waals surface area contributed by atoms with E-state index in [0.717, 1.165) is 32.1 Å². The average Bonchev–Trinajstić information content (AvgIpc) is 2.55. The Bertz CT molecular complexity index is 699. The summed E-state index contributed by atoms with van der Waals surface area (Å²) in [6.07, 6.45) is 4.73. The quantitative estimate of drug-likeness (QED) is 0.649. The molecule has 1 atom stereocenters. The molecule has 0 unspecified atom stereocenters. The summed E-state index contributed by atoms with van der Waals surface area (Å²) in [5, 5.41) is 12.3. The third kappa shape index (κ3) is 5.42. The minimum Gasteiger partial charge on any atom is -0.478 e. The van der Waals surface area contributed by atoms with E-state index in [1.54, 1.807) is 7.11 Å². The number of hydrogen-bond donors (Lipinski definition) is 3. The number of sulfonamides is 1. The van der Waals surface area contributed by atoms with Gasteiger partial charge in [0, 0.05) is 19.2 Å². The Morgan fingerprint density at radius 1 is 1.32 bits per heavy atom. The molecule has 1 aromatic rings. The van der Waals surface area contributed by atoms with Crippen molar-refractivity contribution < 1.29 is 23.1 Å². The van der Waals surface area contributed by atoms with Crippen LogP contribution in [-0.4, -0.2) is 45.3 Å². The standard InChI is InChI=1S/C17H26N2O5S/c1-12(11-24-2)18-15-9-8-13(17(20)21)10-16(15)25(22,23)19-14-6-4-3-5-7-14/h8-10,12,14,18-19H,3-7,11H2,1-2H3,(H,20,21)/t12-/m0/s1. The lowest BCUT2D eigenvalue weighted by molar-refractivity contribution is 0.0696. The number of carbonyl (C=O) groups is 1. The van der Waals surface area contributed by atoms with Crippen molar-refractivity contribution in [2.75, 3.05) is 19.0 Å². The highest BCUT2D eigenvalue weighted by Gasteiger charge is 2.25. The fraction of sp³-hybridized carbons (Fsp3) is 0.588. The molecular formula is C17H26N2O5S. The van der Waals surface area contributed by atoms with Crippen LogP contribution in [0.5, 0.6) is 0 Å². The van der Waals surface area contributed by atoms with Crippen molar-refractivity contribution >= 4 is 21.7 Å².